The monoisotopic (exact) mass is 409 g/mol. The Hall–Kier alpha value is -2.46. The molecule has 10 heteroatoms. The van der Waals surface area contributed by atoms with Crippen molar-refractivity contribution in [3.63, 3.8) is 0 Å². The summed E-state index contributed by atoms with van der Waals surface area (Å²) in [6.07, 6.45) is 0.945. The van der Waals surface area contributed by atoms with Crippen LogP contribution in [0.4, 0.5) is 10.5 Å². The van der Waals surface area contributed by atoms with Crippen LogP contribution in [-0.2, 0) is 14.6 Å². The van der Waals surface area contributed by atoms with Crippen LogP contribution in [0, 0.1) is 0 Å². The molecule has 28 heavy (non-hydrogen) atoms. The molecule has 1 unspecified atom stereocenters. The lowest BCUT2D eigenvalue weighted by Crippen LogP contribution is -2.40. The van der Waals surface area contributed by atoms with Gasteiger partial charge in [-0.2, -0.15) is 0 Å². The summed E-state index contributed by atoms with van der Waals surface area (Å²) >= 11 is 0. The summed E-state index contributed by atoms with van der Waals surface area (Å²) in [4.78, 5) is 39.9. The molecule has 152 valence electrons. The number of hydrogen-bond donors (Lipinski definition) is 1. The van der Waals surface area contributed by atoms with Gasteiger partial charge in [0.1, 0.15) is 0 Å². The highest BCUT2D eigenvalue weighted by Gasteiger charge is 2.36. The molecular formula is C18H23N3O6S. The van der Waals surface area contributed by atoms with Crippen molar-refractivity contribution in [3.05, 3.63) is 29.3 Å². The molecule has 2 aliphatic rings. The molecule has 9 nitrogen and oxygen atoms in total. The number of benzene rings is 1. The maximum absolute atomic E-state index is 12.5. The number of nitrogens with one attached hydrogen (secondary N) is 1. The van der Waals surface area contributed by atoms with Crippen LogP contribution < -0.4 is 5.32 Å². The number of amides is 4. The van der Waals surface area contributed by atoms with Crippen LogP contribution in [0.25, 0.3) is 0 Å². The standard InChI is InChI=1S/C18H23N3O6S/c1-20(13-6-9-28(25,26)11-13)18(24)19-12-4-5-14-15(10-12)17(23)21(16(14)22)7-3-8-27-2/h4-5,10,13H,3,6-9,11H2,1-2H3,(H,19,24). The quantitative estimate of drug-likeness (QED) is 0.553. The Morgan fingerprint density at radius 1 is 1.29 bits per heavy atom. The van der Waals surface area contributed by atoms with Gasteiger partial charge in [0.2, 0.25) is 0 Å². The van der Waals surface area contributed by atoms with Crippen molar-refractivity contribution < 1.29 is 27.5 Å². The predicted molar refractivity (Wildman–Crippen MR) is 102 cm³/mol. The maximum atomic E-state index is 12.5. The summed E-state index contributed by atoms with van der Waals surface area (Å²) in [5, 5.41) is 2.67. The van der Waals surface area contributed by atoms with E-state index >= 15 is 0 Å². The SMILES string of the molecule is COCCCN1C(=O)c2ccc(NC(=O)N(C)C3CCS(=O)(=O)C3)cc2C1=O. The lowest BCUT2D eigenvalue weighted by atomic mass is 10.1. The first-order valence-electron chi connectivity index (χ1n) is 8.97. The third-order valence-corrected chi connectivity index (χ3v) is 6.78. The molecule has 1 saturated heterocycles. The van der Waals surface area contributed by atoms with Gasteiger partial charge < -0.3 is 15.0 Å². The molecule has 4 amide bonds. The maximum Gasteiger partial charge on any atom is 0.321 e. The highest BCUT2D eigenvalue weighted by Crippen LogP contribution is 2.26. The first-order chi connectivity index (χ1) is 13.2. The topological polar surface area (TPSA) is 113 Å². The average Bonchev–Trinajstić information content (AvgIpc) is 3.13. The highest BCUT2D eigenvalue weighted by molar-refractivity contribution is 7.91. The zero-order chi connectivity index (χ0) is 20.5. The number of fused-ring (bicyclic) bond motifs is 1. The highest BCUT2D eigenvalue weighted by atomic mass is 32.2. The second kappa shape index (κ2) is 7.88. The van der Waals surface area contributed by atoms with E-state index in [2.05, 4.69) is 5.32 Å². The number of nitrogens with zero attached hydrogens (tertiary/aromatic N) is 2. The van der Waals surface area contributed by atoms with E-state index in [1.807, 2.05) is 0 Å². The molecule has 3 rings (SSSR count). The van der Waals surface area contributed by atoms with Crippen molar-refractivity contribution in [3.8, 4) is 0 Å². The van der Waals surface area contributed by atoms with E-state index in [0.29, 0.717) is 30.7 Å². The Morgan fingerprint density at radius 3 is 2.64 bits per heavy atom. The van der Waals surface area contributed by atoms with E-state index in [-0.39, 0.29) is 35.6 Å². The van der Waals surface area contributed by atoms with Crippen LogP contribution in [-0.4, -0.2) is 80.9 Å². The zero-order valence-corrected chi connectivity index (χ0v) is 16.6. The molecule has 1 atom stereocenters. The van der Waals surface area contributed by atoms with Crippen LogP contribution in [0.3, 0.4) is 0 Å². The Bertz CT molecular complexity index is 914. The molecule has 1 N–H and O–H groups in total. The summed E-state index contributed by atoms with van der Waals surface area (Å²) in [6.45, 7) is 0.707. The first kappa shape index (κ1) is 20.3. The van der Waals surface area contributed by atoms with Gasteiger partial charge in [0.15, 0.2) is 9.84 Å². The third kappa shape index (κ3) is 4.02. The second-order valence-electron chi connectivity index (χ2n) is 6.97. The van der Waals surface area contributed by atoms with E-state index in [1.54, 1.807) is 20.2 Å². The summed E-state index contributed by atoms with van der Waals surface area (Å²) in [7, 11) is -0.00942. The number of carbonyl (C=O) groups excluding carboxylic acids is 3. The van der Waals surface area contributed by atoms with Gasteiger partial charge in [0.25, 0.3) is 11.8 Å². The molecule has 1 fully saturated rings. The van der Waals surface area contributed by atoms with Gasteiger partial charge >= 0.3 is 6.03 Å². The van der Waals surface area contributed by atoms with Crippen molar-refractivity contribution in [1.29, 1.82) is 0 Å². The van der Waals surface area contributed by atoms with Crippen LogP contribution in [0.15, 0.2) is 18.2 Å². The number of sulfone groups is 1. The van der Waals surface area contributed by atoms with Gasteiger partial charge in [-0.15, -0.1) is 0 Å². The molecule has 2 heterocycles. The first-order valence-corrected chi connectivity index (χ1v) is 10.8. The normalized spacial score (nSPS) is 20.4. The van der Waals surface area contributed by atoms with Crippen molar-refractivity contribution in [2.24, 2.45) is 0 Å². The number of ether oxygens (including phenoxy) is 1. The minimum absolute atomic E-state index is 0.0511. The fourth-order valence-electron chi connectivity index (χ4n) is 3.40. The van der Waals surface area contributed by atoms with Crippen LogP contribution in [0.1, 0.15) is 33.6 Å². The number of methoxy groups -OCH3 is 1. The van der Waals surface area contributed by atoms with E-state index in [1.165, 1.54) is 21.9 Å². The van der Waals surface area contributed by atoms with Crippen molar-refractivity contribution >= 4 is 33.4 Å². The van der Waals surface area contributed by atoms with Gasteiger partial charge in [-0.25, -0.2) is 13.2 Å². The summed E-state index contributed by atoms with van der Waals surface area (Å²) in [6, 6.07) is 3.71. The molecule has 0 spiro atoms. The molecule has 0 saturated carbocycles. The molecule has 0 radical (unpaired) electrons. The van der Waals surface area contributed by atoms with Gasteiger partial charge in [-0.05, 0) is 31.0 Å². The molecular weight excluding hydrogens is 386 g/mol. The predicted octanol–water partition coefficient (Wildman–Crippen LogP) is 0.970. The lowest BCUT2D eigenvalue weighted by Gasteiger charge is -2.23. The molecule has 2 aliphatic heterocycles. The number of rotatable bonds is 6. The summed E-state index contributed by atoms with van der Waals surface area (Å²) in [5.74, 6) is -0.738. The fourth-order valence-corrected chi connectivity index (χ4v) is 5.17. The smallest absolute Gasteiger partial charge is 0.321 e. The number of anilines is 1. The van der Waals surface area contributed by atoms with Crippen LogP contribution in [0.5, 0.6) is 0 Å². The van der Waals surface area contributed by atoms with Crippen molar-refractivity contribution in [2.75, 3.05) is 44.1 Å². The molecule has 0 bridgehead atoms. The number of urea groups is 1. The summed E-state index contributed by atoms with van der Waals surface area (Å²) in [5.41, 5.74) is 0.915. The Kier molecular flexibility index (Phi) is 5.71. The number of imide groups is 1. The second-order valence-corrected chi connectivity index (χ2v) is 9.20. The summed E-state index contributed by atoms with van der Waals surface area (Å²) < 4.78 is 28.2. The Labute approximate surface area is 163 Å². The van der Waals surface area contributed by atoms with Gasteiger partial charge in [-0.3, -0.25) is 14.5 Å². The van der Waals surface area contributed by atoms with E-state index in [4.69, 9.17) is 4.74 Å². The fraction of sp³-hybridized carbons (Fsp3) is 0.500. The van der Waals surface area contributed by atoms with E-state index < -0.39 is 21.8 Å². The lowest BCUT2D eigenvalue weighted by molar-refractivity contribution is 0.0638. The third-order valence-electron chi connectivity index (χ3n) is 5.03. The number of hydrogen-bond acceptors (Lipinski definition) is 6. The average molecular weight is 409 g/mol. The van der Waals surface area contributed by atoms with Crippen LogP contribution >= 0.6 is 0 Å². The molecule has 0 aromatic heterocycles. The van der Waals surface area contributed by atoms with Gasteiger partial charge in [0.05, 0.1) is 22.6 Å². The molecule has 0 aliphatic carbocycles. The van der Waals surface area contributed by atoms with E-state index in [9.17, 15) is 22.8 Å². The van der Waals surface area contributed by atoms with Crippen LogP contribution in [0.2, 0.25) is 0 Å². The Balaban J connectivity index is 1.69. The van der Waals surface area contributed by atoms with Crippen molar-refractivity contribution in [1.82, 2.24) is 9.80 Å². The molecule has 1 aromatic carbocycles. The number of carbonyl (C=O) groups is 3. The van der Waals surface area contributed by atoms with E-state index in [0.717, 1.165) is 0 Å². The van der Waals surface area contributed by atoms with Gasteiger partial charge in [-0.1, -0.05) is 0 Å². The van der Waals surface area contributed by atoms with Crippen molar-refractivity contribution in [2.45, 2.75) is 18.9 Å². The Morgan fingerprint density at radius 2 is 2.00 bits per heavy atom. The zero-order valence-electron chi connectivity index (χ0n) is 15.8. The largest absolute Gasteiger partial charge is 0.385 e. The molecule has 1 aromatic rings. The van der Waals surface area contributed by atoms with Gasteiger partial charge in [0, 0.05) is 39.0 Å². The minimum atomic E-state index is -3.10. The minimum Gasteiger partial charge on any atom is -0.385 e.